The van der Waals surface area contributed by atoms with Crippen molar-refractivity contribution in [1.29, 1.82) is 0 Å². The molecule has 0 aromatic heterocycles. The molecule has 0 heterocycles. The van der Waals surface area contributed by atoms with E-state index < -0.39 is 0 Å². The van der Waals surface area contributed by atoms with Crippen LogP contribution in [0, 0.1) is 11.8 Å². The predicted molar refractivity (Wildman–Crippen MR) is 46.6 cm³/mol. The fraction of sp³-hybridized carbons (Fsp3) is 0.889. The lowest BCUT2D eigenvalue weighted by Gasteiger charge is -2.25. The number of rotatable bonds is 1. The molecule has 0 aromatic rings. The Balaban J connectivity index is 2.62. The van der Waals surface area contributed by atoms with Crippen LogP contribution >= 0.6 is 0 Å². The minimum atomic E-state index is 0.624. The van der Waals surface area contributed by atoms with Crippen LogP contribution in [-0.4, -0.2) is 12.8 Å². The van der Waals surface area contributed by atoms with Crippen LogP contribution in [0.1, 0.15) is 33.1 Å². The fourth-order valence-electron chi connectivity index (χ4n) is 1.80. The molecule has 11 heavy (non-hydrogen) atoms. The van der Waals surface area contributed by atoms with Gasteiger partial charge in [-0.1, -0.05) is 25.4 Å². The van der Waals surface area contributed by atoms with E-state index in [1.54, 1.807) is 7.11 Å². The lowest BCUT2D eigenvalue weighted by atomic mass is 9.82. The van der Waals surface area contributed by atoms with Crippen molar-refractivity contribution in [3.63, 3.8) is 0 Å². The third-order valence-electron chi connectivity index (χ3n) is 2.48. The van der Waals surface area contributed by atoms with E-state index in [1.807, 2.05) is 0 Å². The topological polar surface area (TPSA) is 21.6 Å². The van der Waals surface area contributed by atoms with Crippen LogP contribution in [-0.2, 0) is 4.84 Å². The molecule has 0 spiro atoms. The zero-order valence-electron chi connectivity index (χ0n) is 7.63. The summed E-state index contributed by atoms with van der Waals surface area (Å²) in [4.78, 5) is 4.81. The summed E-state index contributed by atoms with van der Waals surface area (Å²) in [6.45, 7) is 4.46. The molecule has 2 heteroatoms. The van der Waals surface area contributed by atoms with Crippen LogP contribution in [0.25, 0.3) is 0 Å². The van der Waals surface area contributed by atoms with Crippen molar-refractivity contribution in [2.75, 3.05) is 7.11 Å². The number of hydrogen-bond acceptors (Lipinski definition) is 2. The molecular weight excluding hydrogens is 138 g/mol. The van der Waals surface area contributed by atoms with E-state index in [2.05, 4.69) is 19.0 Å². The van der Waals surface area contributed by atoms with Gasteiger partial charge in [-0.3, -0.25) is 0 Å². The number of oxime groups is 1. The molecular formula is C9H17NO. The lowest BCUT2D eigenvalue weighted by molar-refractivity contribution is 0.206. The van der Waals surface area contributed by atoms with Gasteiger partial charge in [0.15, 0.2) is 0 Å². The lowest BCUT2D eigenvalue weighted by Crippen LogP contribution is -2.24. The first-order valence-corrected chi connectivity index (χ1v) is 4.36. The summed E-state index contributed by atoms with van der Waals surface area (Å²) < 4.78 is 0. The van der Waals surface area contributed by atoms with Gasteiger partial charge in [-0.05, 0) is 24.7 Å². The molecule has 1 fully saturated rings. The second kappa shape index (κ2) is 3.74. The van der Waals surface area contributed by atoms with Gasteiger partial charge in [0.25, 0.3) is 0 Å². The molecule has 1 rings (SSSR count). The van der Waals surface area contributed by atoms with Gasteiger partial charge in [0.1, 0.15) is 7.11 Å². The highest BCUT2D eigenvalue weighted by Crippen LogP contribution is 2.25. The van der Waals surface area contributed by atoms with Crippen LogP contribution in [0.3, 0.4) is 0 Å². The second-order valence-electron chi connectivity index (χ2n) is 3.43. The molecule has 1 saturated carbocycles. The molecule has 0 N–H and O–H groups in total. The summed E-state index contributed by atoms with van der Waals surface area (Å²) in [6, 6.07) is 0. The summed E-state index contributed by atoms with van der Waals surface area (Å²) in [5.41, 5.74) is 1.25. The first-order chi connectivity index (χ1) is 5.25. The molecule has 2 atom stereocenters. The Bertz CT molecular complexity index is 142. The van der Waals surface area contributed by atoms with E-state index in [0.29, 0.717) is 11.8 Å². The van der Waals surface area contributed by atoms with Crippen LogP contribution in [0.2, 0.25) is 0 Å². The minimum Gasteiger partial charge on any atom is -0.399 e. The normalized spacial score (nSPS) is 31.7. The van der Waals surface area contributed by atoms with Gasteiger partial charge in [-0.2, -0.15) is 0 Å². The highest BCUT2D eigenvalue weighted by atomic mass is 16.6. The quantitative estimate of drug-likeness (QED) is 0.533. The molecule has 0 aromatic carbocycles. The van der Waals surface area contributed by atoms with Gasteiger partial charge < -0.3 is 4.84 Å². The molecule has 0 bridgehead atoms. The highest BCUT2D eigenvalue weighted by molar-refractivity contribution is 5.88. The van der Waals surface area contributed by atoms with E-state index in [4.69, 9.17) is 4.84 Å². The van der Waals surface area contributed by atoms with E-state index in [0.717, 1.165) is 0 Å². The Kier molecular flexibility index (Phi) is 2.92. The van der Waals surface area contributed by atoms with Crippen molar-refractivity contribution in [2.24, 2.45) is 17.0 Å². The summed E-state index contributed by atoms with van der Waals surface area (Å²) in [6.07, 6.45) is 3.88. The maximum Gasteiger partial charge on any atom is 0.106 e. The molecule has 1 aliphatic rings. The molecule has 0 unspecified atom stereocenters. The van der Waals surface area contributed by atoms with Crippen molar-refractivity contribution in [3.8, 4) is 0 Å². The van der Waals surface area contributed by atoms with Gasteiger partial charge in [0.2, 0.25) is 0 Å². The first-order valence-electron chi connectivity index (χ1n) is 4.36. The largest absolute Gasteiger partial charge is 0.399 e. The van der Waals surface area contributed by atoms with E-state index in [9.17, 15) is 0 Å². The second-order valence-corrected chi connectivity index (χ2v) is 3.43. The minimum absolute atomic E-state index is 0.624. The molecule has 0 amide bonds. The maximum absolute atomic E-state index is 4.81. The Morgan fingerprint density at radius 3 is 2.27 bits per heavy atom. The van der Waals surface area contributed by atoms with Gasteiger partial charge in [-0.25, -0.2) is 0 Å². The Labute approximate surface area is 68.6 Å². The predicted octanol–water partition coefficient (Wildman–Crippen LogP) is 2.44. The van der Waals surface area contributed by atoms with Crippen LogP contribution in [0.4, 0.5) is 0 Å². The molecule has 64 valence electrons. The molecule has 0 saturated heterocycles. The molecule has 1 aliphatic carbocycles. The first kappa shape index (κ1) is 8.57. The molecule has 0 radical (unpaired) electrons. The summed E-state index contributed by atoms with van der Waals surface area (Å²) in [5, 5.41) is 4.06. The molecule has 0 aliphatic heterocycles. The van der Waals surface area contributed by atoms with Gasteiger partial charge in [0.05, 0.1) is 5.71 Å². The average molecular weight is 155 g/mol. The van der Waals surface area contributed by atoms with Gasteiger partial charge in [0, 0.05) is 0 Å². The smallest absolute Gasteiger partial charge is 0.106 e. The third kappa shape index (κ3) is 1.95. The SMILES string of the molecule is CON=C1[C@H](C)CCC[C@H]1C. The van der Waals surface area contributed by atoms with E-state index >= 15 is 0 Å². The van der Waals surface area contributed by atoms with Crippen molar-refractivity contribution in [3.05, 3.63) is 0 Å². The van der Waals surface area contributed by atoms with E-state index in [-0.39, 0.29) is 0 Å². The average Bonchev–Trinajstić information content (AvgIpc) is 1.97. The number of nitrogens with zero attached hydrogens (tertiary/aromatic N) is 1. The zero-order chi connectivity index (χ0) is 8.27. The molecule has 2 nitrogen and oxygen atoms in total. The van der Waals surface area contributed by atoms with Crippen molar-refractivity contribution in [1.82, 2.24) is 0 Å². The van der Waals surface area contributed by atoms with Crippen molar-refractivity contribution in [2.45, 2.75) is 33.1 Å². The fourth-order valence-corrected chi connectivity index (χ4v) is 1.80. The van der Waals surface area contributed by atoms with Crippen LogP contribution < -0.4 is 0 Å². The summed E-state index contributed by atoms with van der Waals surface area (Å²) >= 11 is 0. The number of hydrogen-bond donors (Lipinski definition) is 0. The van der Waals surface area contributed by atoms with Crippen LogP contribution in [0.5, 0.6) is 0 Å². The summed E-state index contributed by atoms with van der Waals surface area (Å²) in [5.74, 6) is 1.25. The Morgan fingerprint density at radius 1 is 1.27 bits per heavy atom. The van der Waals surface area contributed by atoms with Gasteiger partial charge >= 0.3 is 0 Å². The van der Waals surface area contributed by atoms with E-state index in [1.165, 1.54) is 25.0 Å². The van der Waals surface area contributed by atoms with Crippen molar-refractivity contribution >= 4 is 5.71 Å². The third-order valence-corrected chi connectivity index (χ3v) is 2.48. The zero-order valence-corrected chi connectivity index (χ0v) is 7.63. The Morgan fingerprint density at radius 2 is 1.82 bits per heavy atom. The monoisotopic (exact) mass is 155 g/mol. The van der Waals surface area contributed by atoms with Crippen molar-refractivity contribution < 1.29 is 4.84 Å². The highest BCUT2D eigenvalue weighted by Gasteiger charge is 2.23. The van der Waals surface area contributed by atoms with Gasteiger partial charge in [-0.15, -0.1) is 0 Å². The van der Waals surface area contributed by atoms with Crippen LogP contribution in [0.15, 0.2) is 5.16 Å². The maximum atomic E-state index is 4.81. The Hall–Kier alpha value is -0.530. The standard InChI is InChI=1S/C9H17NO/c1-7-5-4-6-8(2)9(7)10-11-3/h7-8H,4-6H2,1-3H3/t7-,8-/m1/s1. The summed E-state index contributed by atoms with van der Waals surface area (Å²) in [7, 11) is 1.63.